The zero-order valence-electron chi connectivity index (χ0n) is 10.3. The van der Waals surface area contributed by atoms with Gasteiger partial charge < -0.3 is 15.0 Å². The zero-order valence-corrected chi connectivity index (χ0v) is 10.3. The summed E-state index contributed by atoms with van der Waals surface area (Å²) < 4.78 is 5.49. The molecule has 94 valence electrons. The Hall–Kier alpha value is -1.36. The molecule has 5 heteroatoms. The van der Waals surface area contributed by atoms with Gasteiger partial charge in [-0.05, 0) is 13.3 Å². The Morgan fingerprint density at radius 1 is 1.65 bits per heavy atom. The van der Waals surface area contributed by atoms with E-state index in [9.17, 15) is 4.79 Å². The number of aromatic nitrogens is 2. The molecule has 1 aliphatic heterocycles. The largest absolute Gasteiger partial charge is 0.378 e. The molecule has 0 radical (unpaired) electrons. The van der Waals surface area contributed by atoms with Crippen LogP contribution in [-0.2, 0) is 11.2 Å². The van der Waals surface area contributed by atoms with E-state index in [1.54, 1.807) is 0 Å². The highest BCUT2D eigenvalue weighted by molar-refractivity contribution is 5.33. The average Bonchev–Trinajstić information content (AvgIpc) is 2.71. The fraction of sp³-hybridized carbons (Fsp3) is 0.667. The van der Waals surface area contributed by atoms with Gasteiger partial charge in [-0.3, -0.25) is 4.79 Å². The third-order valence-electron chi connectivity index (χ3n) is 3.20. The van der Waals surface area contributed by atoms with Crippen molar-refractivity contribution in [1.82, 2.24) is 9.97 Å². The van der Waals surface area contributed by atoms with Crippen molar-refractivity contribution in [2.45, 2.75) is 32.8 Å². The number of aryl methyl sites for hydroxylation is 1. The maximum Gasteiger partial charge on any atom is 0.252 e. The number of nitrogens with one attached hydrogen (secondary N) is 2. The summed E-state index contributed by atoms with van der Waals surface area (Å²) in [6.07, 6.45) is 2.08. The van der Waals surface area contributed by atoms with Gasteiger partial charge in [0, 0.05) is 31.6 Å². The third-order valence-corrected chi connectivity index (χ3v) is 3.20. The summed E-state index contributed by atoms with van der Waals surface area (Å²) in [7, 11) is 0. The number of H-pyrrole nitrogens is 1. The summed E-state index contributed by atoms with van der Waals surface area (Å²) >= 11 is 0. The van der Waals surface area contributed by atoms with Crippen LogP contribution in [0, 0.1) is 5.92 Å². The molecule has 0 amide bonds. The maximum absolute atomic E-state index is 11.4. The predicted octanol–water partition coefficient (Wildman–Crippen LogP) is 1.17. The highest BCUT2D eigenvalue weighted by Crippen LogP contribution is 2.20. The predicted molar refractivity (Wildman–Crippen MR) is 66.2 cm³/mol. The molecule has 2 heterocycles. The first-order valence-corrected chi connectivity index (χ1v) is 6.14. The summed E-state index contributed by atoms with van der Waals surface area (Å²) in [5.41, 5.74) is -0.102. The Bertz CT molecular complexity index is 430. The van der Waals surface area contributed by atoms with Gasteiger partial charge in [0.05, 0.1) is 6.10 Å². The van der Waals surface area contributed by atoms with Gasteiger partial charge in [-0.1, -0.05) is 6.92 Å². The summed E-state index contributed by atoms with van der Waals surface area (Å²) in [6, 6.07) is 1.50. The van der Waals surface area contributed by atoms with Crippen LogP contribution in [0.5, 0.6) is 0 Å². The van der Waals surface area contributed by atoms with Crippen molar-refractivity contribution in [3.8, 4) is 0 Å². The lowest BCUT2D eigenvalue weighted by atomic mass is 10.0. The molecule has 1 aromatic heterocycles. The Balaban J connectivity index is 1.98. The molecule has 2 unspecified atom stereocenters. The van der Waals surface area contributed by atoms with Crippen LogP contribution in [0.1, 0.15) is 26.1 Å². The number of ether oxygens (including phenoxy) is 1. The molecule has 17 heavy (non-hydrogen) atoms. The van der Waals surface area contributed by atoms with Gasteiger partial charge in [-0.25, -0.2) is 4.98 Å². The maximum atomic E-state index is 11.4. The van der Waals surface area contributed by atoms with E-state index in [1.165, 1.54) is 6.07 Å². The lowest BCUT2D eigenvalue weighted by molar-refractivity contribution is 0.108. The Labute approximate surface area is 101 Å². The highest BCUT2D eigenvalue weighted by atomic mass is 16.5. The summed E-state index contributed by atoms with van der Waals surface area (Å²) in [6.45, 7) is 5.69. The summed E-state index contributed by atoms with van der Waals surface area (Å²) in [5, 5.41) is 3.22. The van der Waals surface area contributed by atoms with Crippen molar-refractivity contribution >= 4 is 5.82 Å². The Kier molecular flexibility index (Phi) is 3.78. The summed E-state index contributed by atoms with van der Waals surface area (Å²) in [5.74, 6) is 1.88. The van der Waals surface area contributed by atoms with Crippen LogP contribution in [0.2, 0.25) is 0 Å². The molecule has 1 saturated heterocycles. The molecule has 0 aromatic carbocycles. The van der Waals surface area contributed by atoms with Gasteiger partial charge in [0.15, 0.2) is 0 Å². The SMILES string of the molecule is CCc1nc(NCC2CCOC2C)cc(=O)[nH]1. The van der Waals surface area contributed by atoms with E-state index < -0.39 is 0 Å². The second kappa shape index (κ2) is 5.31. The van der Waals surface area contributed by atoms with Crippen LogP contribution in [0.15, 0.2) is 10.9 Å². The quantitative estimate of drug-likeness (QED) is 0.825. The van der Waals surface area contributed by atoms with E-state index in [1.807, 2.05) is 6.92 Å². The van der Waals surface area contributed by atoms with E-state index in [2.05, 4.69) is 22.2 Å². The Morgan fingerprint density at radius 2 is 2.47 bits per heavy atom. The minimum absolute atomic E-state index is 0.102. The first-order chi connectivity index (χ1) is 8.19. The number of aromatic amines is 1. The second-order valence-corrected chi connectivity index (χ2v) is 4.44. The molecule has 1 aliphatic rings. The van der Waals surface area contributed by atoms with Crippen LogP contribution in [0.4, 0.5) is 5.82 Å². The molecule has 1 aromatic rings. The Morgan fingerprint density at radius 3 is 3.12 bits per heavy atom. The topological polar surface area (TPSA) is 67.0 Å². The van der Waals surface area contributed by atoms with Crippen molar-refractivity contribution in [3.05, 3.63) is 22.2 Å². The number of hydrogen-bond acceptors (Lipinski definition) is 4. The molecule has 5 nitrogen and oxygen atoms in total. The van der Waals surface area contributed by atoms with Crippen LogP contribution in [0.3, 0.4) is 0 Å². The van der Waals surface area contributed by atoms with Crippen molar-refractivity contribution < 1.29 is 4.74 Å². The van der Waals surface area contributed by atoms with Crippen LogP contribution < -0.4 is 10.9 Å². The van der Waals surface area contributed by atoms with Crippen LogP contribution >= 0.6 is 0 Å². The number of anilines is 1. The van der Waals surface area contributed by atoms with Crippen molar-refractivity contribution in [2.75, 3.05) is 18.5 Å². The standard InChI is InChI=1S/C12H19N3O2/c1-3-10-14-11(6-12(16)15-10)13-7-9-4-5-17-8(9)2/h6,8-9H,3-5,7H2,1-2H3,(H2,13,14,15,16). The molecule has 2 rings (SSSR count). The van der Waals surface area contributed by atoms with Crippen molar-refractivity contribution in [2.24, 2.45) is 5.92 Å². The highest BCUT2D eigenvalue weighted by Gasteiger charge is 2.23. The monoisotopic (exact) mass is 237 g/mol. The number of hydrogen-bond donors (Lipinski definition) is 2. The molecule has 0 aliphatic carbocycles. The fourth-order valence-electron chi connectivity index (χ4n) is 2.05. The van der Waals surface area contributed by atoms with Gasteiger partial charge in [0.2, 0.25) is 0 Å². The van der Waals surface area contributed by atoms with E-state index in [0.29, 0.717) is 11.7 Å². The van der Waals surface area contributed by atoms with Crippen LogP contribution in [-0.4, -0.2) is 29.2 Å². The van der Waals surface area contributed by atoms with Gasteiger partial charge in [-0.2, -0.15) is 0 Å². The first-order valence-electron chi connectivity index (χ1n) is 6.14. The average molecular weight is 237 g/mol. The molecule has 0 bridgehead atoms. The zero-order chi connectivity index (χ0) is 12.3. The van der Waals surface area contributed by atoms with Crippen molar-refractivity contribution in [3.63, 3.8) is 0 Å². The molecule has 2 atom stereocenters. The van der Waals surface area contributed by atoms with Gasteiger partial charge in [0.25, 0.3) is 5.56 Å². The van der Waals surface area contributed by atoms with E-state index in [4.69, 9.17) is 4.74 Å². The molecule has 2 N–H and O–H groups in total. The molecular formula is C12H19N3O2. The second-order valence-electron chi connectivity index (χ2n) is 4.44. The third kappa shape index (κ3) is 3.06. The van der Waals surface area contributed by atoms with Gasteiger partial charge in [-0.15, -0.1) is 0 Å². The van der Waals surface area contributed by atoms with Crippen molar-refractivity contribution in [1.29, 1.82) is 0 Å². The summed E-state index contributed by atoms with van der Waals surface area (Å²) in [4.78, 5) is 18.4. The number of nitrogens with zero attached hydrogens (tertiary/aromatic N) is 1. The number of rotatable bonds is 4. The smallest absolute Gasteiger partial charge is 0.252 e. The minimum Gasteiger partial charge on any atom is -0.378 e. The van der Waals surface area contributed by atoms with Gasteiger partial charge >= 0.3 is 0 Å². The molecule has 0 saturated carbocycles. The van der Waals surface area contributed by atoms with Gasteiger partial charge in [0.1, 0.15) is 11.6 Å². The fourth-order valence-corrected chi connectivity index (χ4v) is 2.05. The minimum atomic E-state index is -0.102. The first kappa shape index (κ1) is 12.1. The lowest BCUT2D eigenvalue weighted by Gasteiger charge is -2.15. The molecule has 0 spiro atoms. The van der Waals surface area contributed by atoms with E-state index >= 15 is 0 Å². The van der Waals surface area contributed by atoms with Crippen LogP contribution in [0.25, 0.3) is 0 Å². The van der Waals surface area contributed by atoms with E-state index in [0.717, 1.165) is 31.8 Å². The molecular weight excluding hydrogens is 218 g/mol. The molecule has 1 fully saturated rings. The normalized spacial score (nSPS) is 23.9. The lowest BCUT2D eigenvalue weighted by Crippen LogP contribution is -2.22. The van der Waals surface area contributed by atoms with E-state index in [-0.39, 0.29) is 11.7 Å².